The van der Waals surface area contributed by atoms with Gasteiger partial charge >= 0.3 is 0 Å². The van der Waals surface area contributed by atoms with Gasteiger partial charge in [-0.1, -0.05) is 24.3 Å². The SMILES string of the molecule is C1=CC2(OC34C=CC(CC3)C4)CCC1C2. The van der Waals surface area contributed by atoms with E-state index in [2.05, 4.69) is 24.3 Å². The minimum Gasteiger partial charge on any atom is -0.360 e. The Hall–Kier alpha value is -0.560. The molecule has 2 fully saturated rings. The Bertz CT molecular complexity index is 322. The van der Waals surface area contributed by atoms with Crippen LogP contribution >= 0.6 is 0 Å². The third-order valence-electron chi connectivity index (χ3n) is 4.84. The molecule has 4 unspecified atom stereocenters. The molecule has 4 aliphatic carbocycles. The predicted molar refractivity (Wildman–Crippen MR) is 59.5 cm³/mol. The van der Waals surface area contributed by atoms with Crippen LogP contribution in [0.1, 0.15) is 38.5 Å². The summed E-state index contributed by atoms with van der Waals surface area (Å²) < 4.78 is 6.56. The maximum absolute atomic E-state index is 6.56. The molecule has 1 heteroatoms. The van der Waals surface area contributed by atoms with E-state index in [1.807, 2.05) is 0 Å². The smallest absolute Gasteiger partial charge is 0.0880 e. The number of hydrogen-bond acceptors (Lipinski definition) is 1. The van der Waals surface area contributed by atoms with Gasteiger partial charge in [-0.3, -0.25) is 0 Å². The fourth-order valence-electron chi connectivity index (χ4n) is 4.07. The van der Waals surface area contributed by atoms with E-state index >= 15 is 0 Å². The number of ether oxygens (including phenoxy) is 1. The van der Waals surface area contributed by atoms with E-state index in [0.717, 1.165) is 11.8 Å². The van der Waals surface area contributed by atoms with E-state index in [-0.39, 0.29) is 11.2 Å². The lowest BCUT2D eigenvalue weighted by atomic mass is 9.98. The number of rotatable bonds is 2. The highest BCUT2D eigenvalue weighted by molar-refractivity contribution is 5.23. The molecule has 0 aromatic rings. The van der Waals surface area contributed by atoms with Crippen LogP contribution in [-0.4, -0.2) is 11.2 Å². The normalized spacial score (nSPS) is 54.7. The van der Waals surface area contributed by atoms with Gasteiger partial charge in [0.1, 0.15) is 0 Å². The lowest BCUT2D eigenvalue weighted by molar-refractivity contribution is -0.0974. The summed E-state index contributed by atoms with van der Waals surface area (Å²) in [5, 5.41) is 0. The molecule has 4 bridgehead atoms. The summed E-state index contributed by atoms with van der Waals surface area (Å²) in [7, 11) is 0. The van der Waals surface area contributed by atoms with Gasteiger partial charge in [0.25, 0.3) is 0 Å². The van der Waals surface area contributed by atoms with Crippen LogP contribution in [0.15, 0.2) is 24.3 Å². The number of hydrogen-bond donors (Lipinski definition) is 0. The van der Waals surface area contributed by atoms with E-state index in [1.54, 1.807) is 0 Å². The molecule has 0 N–H and O–H groups in total. The third-order valence-corrected chi connectivity index (χ3v) is 4.84. The molecule has 4 atom stereocenters. The zero-order chi connectivity index (χ0) is 9.93. The summed E-state index contributed by atoms with van der Waals surface area (Å²) >= 11 is 0. The van der Waals surface area contributed by atoms with Crippen molar-refractivity contribution in [3.05, 3.63) is 24.3 Å². The summed E-state index contributed by atoms with van der Waals surface area (Å²) in [5.74, 6) is 1.65. The van der Waals surface area contributed by atoms with Crippen molar-refractivity contribution in [2.45, 2.75) is 49.7 Å². The molecule has 0 spiro atoms. The van der Waals surface area contributed by atoms with Crippen molar-refractivity contribution in [2.75, 3.05) is 0 Å². The molecule has 0 aliphatic heterocycles. The fourth-order valence-corrected chi connectivity index (χ4v) is 4.07. The molecular formula is C14H18O. The maximum Gasteiger partial charge on any atom is 0.0880 e. The van der Waals surface area contributed by atoms with Crippen molar-refractivity contribution in [2.24, 2.45) is 11.8 Å². The molecule has 0 aromatic heterocycles. The Balaban J connectivity index is 1.61. The van der Waals surface area contributed by atoms with Crippen LogP contribution in [0.3, 0.4) is 0 Å². The van der Waals surface area contributed by atoms with Crippen molar-refractivity contribution in [3.8, 4) is 0 Å². The van der Waals surface area contributed by atoms with Crippen LogP contribution in [0.25, 0.3) is 0 Å². The summed E-state index contributed by atoms with van der Waals surface area (Å²) in [4.78, 5) is 0. The van der Waals surface area contributed by atoms with Crippen LogP contribution < -0.4 is 0 Å². The van der Waals surface area contributed by atoms with Gasteiger partial charge in [0, 0.05) is 0 Å². The van der Waals surface area contributed by atoms with Gasteiger partial charge in [0.2, 0.25) is 0 Å². The second-order valence-corrected chi connectivity index (χ2v) is 5.96. The number of allylic oxidation sites excluding steroid dienone is 2. The van der Waals surface area contributed by atoms with Crippen molar-refractivity contribution < 1.29 is 4.74 Å². The van der Waals surface area contributed by atoms with Crippen molar-refractivity contribution in [1.29, 1.82) is 0 Å². The van der Waals surface area contributed by atoms with Gasteiger partial charge in [-0.25, -0.2) is 0 Å². The van der Waals surface area contributed by atoms with E-state index in [9.17, 15) is 0 Å². The second kappa shape index (κ2) is 2.57. The van der Waals surface area contributed by atoms with Crippen LogP contribution in [0, 0.1) is 11.8 Å². The summed E-state index contributed by atoms with van der Waals surface area (Å²) in [6, 6.07) is 0. The first kappa shape index (κ1) is 8.58. The largest absolute Gasteiger partial charge is 0.360 e. The summed E-state index contributed by atoms with van der Waals surface area (Å²) in [6.45, 7) is 0. The van der Waals surface area contributed by atoms with Gasteiger partial charge in [0.05, 0.1) is 11.2 Å². The van der Waals surface area contributed by atoms with Crippen LogP contribution in [0.2, 0.25) is 0 Å². The predicted octanol–water partition coefficient (Wildman–Crippen LogP) is 3.22. The van der Waals surface area contributed by atoms with Crippen LogP contribution in [-0.2, 0) is 4.74 Å². The average molecular weight is 202 g/mol. The molecule has 80 valence electrons. The van der Waals surface area contributed by atoms with Gasteiger partial charge in [-0.05, 0) is 50.4 Å². The second-order valence-electron chi connectivity index (χ2n) is 5.96. The molecule has 0 saturated heterocycles. The van der Waals surface area contributed by atoms with Crippen molar-refractivity contribution in [3.63, 3.8) is 0 Å². The Morgan fingerprint density at radius 3 is 1.67 bits per heavy atom. The monoisotopic (exact) mass is 202 g/mol. The average Bonchev–Trinajstić information content (AvgIpc) is 2.95. The lowest BCUT2D eigenvalue weighted by Gasteiger charge is -2.35. The van der Waals surface area contributed by atoms with E-state index in [1.165, 1.54) is 38.5 Å². The van der Waals surface area contributed by atoms with Gasteiger partial charge in [-0.2, -0.15) is 0 Å². The molecule has 0 aromatic carbocycles. The molecule has 4 rings (SSSR count). The van der Waals surface area contributed by atoms with Crippen LogP contribution in [0.5, 0.6) is 0 Å². The van der Waals surface area contributed by atoms with Crippen molar-refractivity contribution in [1.82, 2.24) is 0 Å². The summed E-state index contributed by atoms with van der Waals surface area (Å²) in [6.07, 6.45) is 17.2. The molecule has 15 heavy (non-hydrogen) atoms. The highest BCUT2D eigenvalue weighted by atomic mass is 16.5. The van der Waals surface area contributed by atoms with E-state index in [0.29, 0.717) is 0 Å². The Morgan fingerprint density at radius 2 is 1.40 bits per heavy atom. The number of fused-ring (bicyclic) bond motifs is 4. The fraction of sp³-hybridized carbons (Fsp3) is 0.714. The molecule has 1 nitrogen and oxygen atoms in total. The Kier molecular flexibility index (Phi) is 1.47. The molecular weight excluding hydrogens is 184 g/mol. The minimum atomic E-state index is 0.133. The van der Waals surface area contributed by atoms with E-state index in [4.69, 9.17) is 4.74 Å². The molecule has 0 amide bonds. The summed E-state index contributed by atoms with van der Waals surface area (Å²) in [5.41, 5.74) is 0.266. The highest BCUT2D eigenvalue weighted by Crippen LogP contribution is 2.52. The standard InChI is InChI=1S/C14H18O/c1-5-13(6-2-11(1)9-13)15-14-7-3-12(10-14)4-8-14/h1,3,5,7,11-12H,2,4,6,8-10H2. The van der Waals surface area contributed by atoms with Crippen LogP contribution in [0.4, 0.5) is 0 Å². The molecule has 0 heterocycles. The zero-order valence-corrected chi connectivity index (χ0v) is 9.11. The zero-order valence-electron chi connectivity index (χ0n) is 9.11. The third kappa shape index (κ3) is 1.13. The first-order valence-electron chi connectivity index (χ1n) is 6.37. The highest BCUT2D eigenvalue weighted by Gasteiger charge is 2.50. The molecule has 0 radical (unpaired) electrons. The first-order chi connectivity index (χ1) is 7.28. The van der Waals surface area contributed by atoms with Crippen molar-refractivity contribution >= 4 is 0 Å². The quantitative estimate of drug-likeness (QED) is 0.625. The van der Waals surface area contributed by atoms with E-state index < -0.39 is 0 Å². The minimum absolute atomic E-state index is 0.133. The lowest BCUT2D eigenvalue weighted by Crippen LogP contribution is -2.37. The van der Waals surface area contributed by atoms with Gasteiger partial charge in [0.15, 0.2) is 0 Å². The topological polar surface area (TPSA) is 9.23 Å². The van der Waals surface area contributed by atoms with Gasteiger partial charge in [-0.15, -0.1) is 0 Å². The Morgan fingerprint density at radius 1 is 0.867 bits per heavy atom. The Labute approximate surface area is 91.2 Å². The maximum atomic E-state index is 6.56. The molecule has 4 aliphatic rings. The molecule has 2 saturated carbocycles. The van der Waals surface area contributed by atoms with Gasteiger partial charge < -0.3 is 4.74 Å². The first-order valence-corrected chi connectivity index (χ1v) is 6.37.